The molecule has 0 aliphatic carbocycles. The van der Waals surface area contributed by atoms with E-state index >= 15 is 0 Å². The lowest BCUT2D eigenvalue weighted by atomic mass is 10.0. The van der Waals surface area contributed by atoms with Gasteiger partial charge in [0.25, 0.3) is 0 Å². The third kappa shape index (κ3) is 4.01. The number of hydrogen-bond donors (Lipinski definition) is 2. The van der Waals surface area contributed by atoms with Gasteiger partial charge in [0.05, 0.1) is 4.47 Å². The minimum atomic E-state index is -0.312. The number of nitrogens with one attached hydrogen (secondary N) is 2. The molecule has 0 bridgehead atoms. The molecule has 2 N–H and O–H groups in total. The summed E-state index contributed by atoms with van der Waals surface area (Å²) in [6.45, 7) is 3.84. The summed E-state index contributed by atoms with van der Waals surface area (Å²) in [6.07, 6.45) is 2.56. The number of rotatable bonds is 4. The summed E-state index contributed by atoms with van der Waals surface area (Å²) in [5.41, 5.74) is 1.40. The summed E-state index contributed by atoms with van der Waals surface area (Å²) >= 11 is 3.13. The second kappa shape index (κ2) is 6.48. The quantitative estimate of drug-likeness (QED) is 0.890. The zero-order chi connectivity index (χ0) is 13.8. The average molecular weight is 329 g/mol. The Bertz CT molecular complexity index is 473. The van der Waals surface area contributed by atoms with Crippen molar-refractivity contribution in [1.82, 2.24) is 5.32 Å². The standard InChI is InChI=1S/C14H18BrFN2O/c1-9-6-12(16)11(15)7-13(9)18-14(19)3-2-10-4-5-17-8-10/h6-7,10,17H,2-5,8H2,1H3,(H,18,19). The van der Waals surface area contributed by atoms with Gasteiger partial charge in [0, 0.05) is 12.1 Å². The van der Waals surface area contributed by atoms with Gasteiger partial charge in [0.15, 0.2) is 0 Å². The highest BCUT2D eigenvalue weighted by Crippen LogP contribution is 2.24. The number of benzene rings is 1. The number of anilines is 1. The van der Waals surface area contributed by atoms with Crippen molar-refractivity contribution in [3.63, 3.8) is 0 Å². The highest BCUT2D eigenvalue weighted by Gasteiger charge is 2.16. The van der Waals surface area contributed by atoms with E-state index < -0.39 is 0 Å². The minimum Gasteiger partial charge on any atom is -0.326 e. The molecule has 0 spiro atoms. The van der Waals surface area contributed by atoms with Crippen LogP contribution in [0.2, 0.25) is 0 Å². The Morgan fingerprint density at radius 1 is 1.58 bits per heavy atom. The summed E-state index contributed by atoms with van der Waals surface area (Å²) < 4.78 is 13.7. The maximum Gasteiger partial charge on any atom is 0.224 e. The summed E-state index contributed by atoms with van der Waals surface area (Å²) in [5.74, 6) is 0.285. The number of carbonyl (C=O) groups excluding carboxylic acids is 1. The van der Waals surface area contributed by atoms with Crippen LogP contribution in [0.3, 0.4) is 0 Å². The van der Waals surface area contributed by atoms with E-state index in [0.717, 1.165) is 31.5 Å². The van der Waals surface area contributed by atoms with Crippen molar-refractivity contribution in [1.29, 1.82) is 0 Å². The fourth-order valence-electron chi connectivity index (χ4n) is 2.29. The summed E-state index contributed by atoms with van der Waals surface area (Å²) in [6, 6.07) is 3.03. The maximum atomic E-state index is 13.3. The molecule has 1 aromatic rings. The van der Waals surface area contributed by atoms with Crippen LogP contribution in [0.5, 0.6) is 0 Å². The Hall–Kier alpha value is -0.940. The predicted octanol–water partition coefficient (Wildman–Crippen LogP) is 3.22. The molecule has 19 heavy (non-hydrogen) atoms. The van der Waals surface area contributed by atoms with Crippen LogP contribution in [0.25, 0.3) is 0 Å². The molecule has 1 heterocycles. The summed E-state index contributed by atoms with van der Waals surface area (Å²) in [5, 5.41) is 6.14. The molecule has 1 amide bonds. The number of halogens is 2. The highest BCUT2D eigenvalue weighted by molar-refractivity contribution is 9.10. The molecule has 0 radical (unpaired) electrons. The number of hydrogen-bond acceptors (Lipinski definition) is 2. The van der Waals surface area contributed by atoms with Gasteiger partial charge in [-0.2, -0.15) is 0 Å². The van der Waals surface area contributed by atoms with Crippen LogP contribution in [0.1, 0.15) is 24.8 Å². The molecule has 1 fully saturated rings. The Labute approximate surface area is 121 Å². The first-order valence-corrected chi connectivity index (χ1v) is 7.32. The molecule has 2 rings (SSSR count). The largest absolute Gasteiger partial charge is 0.326 e. The number of carbonyl (C=O) groups is 1. The first-order valence-electron chi connectivity index (χ1n) is 6.52. The average Bonchev–Trinajstić information content (AvgIpc) is 2.86. The molecule has 1 aromatic carbocycles. The molecule has 1 saturated heterocycles. The van der Waals surface area contributed by atoms with Crippen molar-refractivity contribution in [3.05, 3.63) is 28.0 Å². The zero-order valence-corrected chi connectivity index (χ0v) is 12.5. The van der Waals surface area contributed by atoms with E-state index in [1.807, 2.05) is 0 Å². The fraction of sp³-hybridized carbons (Fsp3) is 0.500. The molecule has 104 valence electrons. The van der Waals surface area contributed by atoms with Gasteiger partial charge in [-0.25, -0.2) is 4.39 Å². The fourth-order valence-corrected chi connectivity index (χ4v) is 2.63. The van der Waals surface area contributed by atoms with Crippen LogP contribution in [-0.4, -0.2) is 19.0 Å². The van der Waals surface area contributed by atoms with E-state index in [0.29, 0.717) is 22.5 Å². The van der Waals surface area contributed by atoms with Gasteiger partial charge in [0.1, 0.15) is 5.82 Å². The van der Waals surface area contributed by atoms with Crippen molar-refractivity contribution in [2.24, 2.45) is 5.92 Å². The van der Waals surface area contributed by atoms with E-state index in [-0.39, 0.29) is 11.7 Å². The van der Waals surface area contributed by atoms with E-state index in [4.69, 9.17) is 0 Å². The Morgan fingerprint density at radius 3 is 3.05 bits per heavy atom. The molecule has 1 atom stereocenters. The van der Waals surface area contributed by atoms with Crippen molar-refractivity contribution in [3.8, 4) is 0 Å². The summed E-state index contributed by atoms with van der Waals surface area (Å²) in [7, 11) is 0. The van der Waals surface area contributed by atoms with Gasteiger partial charge in [-0.05, 0) is 72.4 Å². The van der Waals surface area contributed by atoms with Gasteiger partial charge >= 0.3 is 0 Å². The van der Waals surface area contributed by atoms with Gasteiger partial charge < -0.3 is 10.6 Å². The van der Waals surface area contributed by atoms with Gasteiger partial charge in [-0.15, -0.1) is 0 Å². The van der Waals surface area contributed by atoms with Gasteiger partial charge in [-0.3, -0.25) is 4.79 Å². The highest BCUT2D eigenvalue weighted by atomic mass is 79.9. The van der Waals surface area contributed by atoms with Crippen molar-refractivity contribution < 1.29 is 9.18 Å². The third-order valence-corrected chi connectivity index (χ3v) is 4.09. The van der Waals surface area contributed by atoms with Crippen LogP contribution >= 0.6 is 15.9 Å². The smallest absolute Gasteiger partial charge is 0.224 e. The monoisotopic (exact) mass is 328 g/mol. The van der Waals surface area contributed by atoms with E-state index in [9.17, 15) is 9.18 Å². The normalized spacial score (nSPS) is 18.6. The van der Waals surface area contributed by atoms with Crippen molar-refractivity contribution >= 4 is 27.5 Å². The molecular weight excluding hydrogens is 311 g/mol. The summed E-state index contributed by atoms with van der Waals surface area (Å²) in [4.78, 5) is 11.9. The van der Waals surface area contributed by atoms with Crippen molar-refractivity contribution in [2.45, 2.75) is 26.2 Å². The number of amides is 1. The lowest BCUT2D eigenvalue weighted by Crippen LogP contribution is -2.15. The predicted molar refractivity (Wildman–Crippen MR) is 77.7 cm³/mol. The molecule has 0 aromatic heterocycles. The maximum absolute atomic E-state index is 13.3. The SMILES string of the molecule is Cc1cc(F)c(Br)cc1NC(=O)CCC1CCNC1. The lowest BCUT2D eigenvalue weighted by molar-refractivity contribution is -0.116. The Balaban J connectivity index is 1.89. The van der Waals surface area contributed by atoms with Gasteiger partial charge in [-0.1, -0.05) is 0 Å². The first kappa shape index (κ1) is 14.5. The minimum absolute atomic E-state index is 0.00601. The van der Waals surface area contributed by atoms with E-state index in [2.05, 4.69) is 26.6 Å². The van der Waals surface area contributed by atoms with Crippen LogP contribution < -0.4 is 10.6 Å². The second-order valence-corrected chi connectivity index (χ2v) is 5.88. The molecular formula is C14H18BrFN2O. The molecule has 5 heteroatoms. The molecule has 1 aliphatic rings. The molecule has 0 saturated carbocycles. The van der Waals surface area contributed by atoms with Crippen LogP contribution in [0, 0.1) is 18.7 Å². The third-order valence-electron chi connectivity index (χ3n) is 3.48. The molecule has 1 unspecified atom stereocenters. The van der Waals surface area contributed by atoms with E-state index in [1.165, 1.54) is 6.07 Å². The molecule has 1 aliphatic heterocycles. The van der Waals surface area contributed by atoms with Crippen molar-refractivity contribution in [2.75, 3.05) is 18.4 Å². The van der Waals surface area contributed by atoms with Gasteiger partial charge in [0.2, 0.25) is 5.91 Å². The second-order valence-electron chi connectivity index (χ2n) is 5.03. The number of aryl methyl sites for hydroxylation is 1. The van der Waals surface area contributed by atoms with Crippen LogP contribution in [0.4, 0.5) is 10.1 Å². The Kier molecular flexibility index (Phi) is 4.93. The zero-order valence-electron chi connectivity index (χ0n) is 10.9. The molecule has 3 nitrogen and oxygen atoms in total. The van der Waals surface area contributed by atoms with E-state index in [1.54, 1.807) is 13.0 Å². The topological polar surface area (TPSA) is 41.1 Å². The van der Waals surface area contributed by atoms with Crippen LogP contribution in [-0.2, 0) is 4.79 Å². The van der Waals surface area contributed by atoms with Crippen LogP contribution in [0.15, 0.2) is 16.6 Å². The lowest BCUT2D eigenvalue weighted by Gasteiger charge is -2.11. The first-order chi connectivity index (χ1) is 9.06. The Morgan fingerprint density at radius 2 is 2.37 bits per heavy atom.